The maximum atomic E-state index is 12.3. The highest BCUT2D eigenvalue weighted by molar-refractivity contribution is 6.30. The van der Waals surface area contributed by atoms with Gasteiger partial charge in [0, 0.05) is 18.3 Å². The Kier molecular flexibility index (Phi) is 7.51. The number of amides is 2. The summed E-state index contributed by atoms with van der Waals surface area (Å²) in [5, 5.41) is 2.80. The molecule has 2 aromatic carbocycles. The number of ether oxygens (including phenoxy) is 3. The minimum atomic E-state index is -0.742. The number of nitrogens with zero attached hydrogens (tertiary/aromatic N) is 1. The largest absolute Gasteiger partial charge is 0.493 e. The van der Waals surface area contributed by atoms with E-state index in [-0.39, 0.29) is 12.2 Å². The second-order valence-corrected chi connectivity index (χ2v) is 7.17. The molecule has 9 heteroatoms. The summed E-state index contributed by atoms with van der Waals surface area (Å²) in [6.45, 7) is -0.321. The molecule has 8 nitrogen and oxygen atoms in total. The zero-order valence-corrected chi connectivity index (χ0v) is 18.2. The van der Waals surface area contributed by atoms with Gasteiger partial charge in [0.1, 0.15) is 12.3 Å². The highest BCUT2D eigenvalue weighted by atomic mass is 35.5. The molecule has 0 saturated heterocycles. The third kappa shape index (κ3) is 5.89. The van der Waals surface area contributed by atoms with Gasteiger partial charge in [-0.1, -0.05) is 23.7 Å². The minimum absolute atomic E-state index is 0.169. The second-order valence-electron chi connectivity index (χ2n) is 6.74. The molecule has 0 spiro atoms. The van der Waals surface area contributed by atoms with E-state index in [9.17, 15) is 14.4 Å². The summed E-state index contributed by atoms with van der Waals surface area (Å²) in [4.78, 5) is 36.3. The Balaban J connectivity index is 1.55. The standard InChI is InChI=1S/C23H21ClN2O6/c1-26-11-3-4-18(26)22(28)25-21(27)14-32-23(29)16-7-10-19(20(12-16)30-2)31-13-15-5-8-17(24)9-6-15/h3-12H,13-14H2,1-2H3,(H,25,27,28). The smallest absolute Gasteiger partial charge is 0.338 e. The fourth-order valence-electron chi connectivity index (χ4n) is 2.79. The van der Waals surface area contributed by atoms with Gasteiger partial charge in [0.2, 0.25) is 0 Å². The van der Waals surface area contributed by atoms with E-state index in [1.165, 1.54) is 19.2 Å². The summed E-state index contributed by atoms with van der Waals surface area (Å²) in [7, 11) is 3.12. The normalized spacial score (nSPS) is 10.3. The Morgan fingerprint density at radius 3 is 2.44 bits per heavy atom. The van der Waals surface area contributed by atoms with E-state index in [0.29, 0.717) is 22.2 Å². The molecule has 1 aromatic heterocycles. The van der Waals surface area contributed by atoms with E-state index in [4.69, 9.17) is 25.8 Å². The molecule has 0 radical (unpaired) electrons. The van der Waals surface area contributed by atoms with Gasteiger partial charge in [-0.25, -0.2) is 4.79 Å². The summed E-state index contributed by atoms with van der Waals surface area (Å²) in [6.07, 6.45) is 1.68. The first kappa shape index (κ1) is 22.9. The van der Waals surface area contributed by atoms with Gasteiger partial charge in [0.15, 0.2) is 18.1 Å². The Morgan fingerprint density at radius 1 is 1.03 bits per heavy atom. The Bertz CT molecular complexity index is 1120. The highest BCUT2D eigenvalue weighted by Gasteiger charge is 2.17. The molecule has 0 aliphatic heterocycles. The number of carbonyl (C=O) groups excluding carboxylic acids is 3. The monoisotopic (exact) mass is 456 g/mol. The molecule has 0 aliphatic carbocycles. The van der Waals surface area contributed by atoms with Crippen molar-refractivity contribution < 1.29 is 28.6 Å². The van der Waals surface area contributed by atoms with E-state index in [2.05, 4.69) is 5.32 Å². The molecule has 3 aromatic rings. The van der Waals surface area contributed by atoms with Gasteiger partial charge < -0.3 is 18.8 Å². The number of hydrogen-bond acceptors (Lipinski definition) is 6. The van der Waals surface area contributed by atoms with Crippen LogP contribution < -0.4 is 14.8 Å². The van der Waals surface area contributed by atoms with E-state index in [1.54, 1.807) is 48.1 Å². The third-order valence-electron chi connectivity index (χ3n) is 4.47. The van der Waals surface area contributed by atoms with E-state index >= 15 is 0 Å². The lowest BCUT2D eigenvalue weighted by Gasteiger charge is -2.12. The molecular formula is C23H21ClN2O6. The molecule has 1 N–H and O–H groups in total. The maximum Gasteiger partial charge on any atom is 0.338 e. The van der Waals surface area contributed by atoms with Crippen LogP contribution in [-0.2, 0) is 23.2 Å². The number of aryl methyl sites for hydroxylation is 1. The zero-order chi connectivity index (χ0) is 23.1. The average Bonchev–Trinajstić information content (AvgIpc) is 3.23. The highest BCUT2D eigenvalue weighted by Crippen LogP contribution is 2.29. The first-order valence-electron chi connectivity index (χ1n) is 9.55. The molecule has 0 bridgehead atoms. The van der Waals surface area contributed by atoms with Crippen LogP contribution in [0.4, 0.5) is 0 Å². The number of aromatic nitrogens is 1. The number of benzene rings is 2. The summed E-state index contributed by atoms with van der Waals surface area (Å²) >= 11 is 5.88. The topological polar surface area (TPSA) is 95.9 Å². The Labute approximate surface area is 189 Å². The molecule has 0 atom stereocenters. The van der Waals surface area contributed by atoms with E-state index in [1.807, 2.05) is 12.1 Å². The van der Waals surface area contributed by atoms with Crippen LogP contribution in [0.15, 0.2) is 60.8 Å². The number of hydrogen-bond donors (Lipinski definition) is 1. The van der Waals surface area contributed by atoms with E-state index < -0.39 is 24.4 Å². The van der Waals surface area contributed by atoms with Gasteiger partial charge >= 0.3 is 5.97 Å². The lowest BCUT2D eigenvalue weighted by Crippen LogP contribution is -2.35. The molecule has 0 unspecified atom stereocenters. The van der Waals surface area contributed by atoms with Crippen molar-refractivity contribution in [3.63, 3.8) is 0 Å². The molecule has 0 fully saturated rings. The van der Waals surface area contributed by atoms with Gasteiger partial charge in [-0.2, -0.15) is 0 Å². The van der Waals surface area contributed by atoms with E-state index in [0.717, 1.165) is 5.56 Å². The Hall–Kier alpha value is -3.78. The first-order valence-corrected chi connectivity index (χ1v) is 9.93. The molecule has 0 aliphatic rings. The molecule has 32 heavy (non-hydrogen) atoms. The lowest BCUT2D eigenvalue weighted by atomic mass is 10.2. The summed E-state index contributed by atoms with van der Waals surface area (Å²) in [5.41, 5.74) is 1.39. The van der Waals surface area contributed by atoms with Gasteiger partial charge in [-0.05, 0) is 48.0 Å². The number of methoxy groups -OCH3 is 1. The fourth-order valence-corrected chi connectivity index (χ4v) is 2.92. The van der Waals surface area contributed by atoms with Crippen LogP contribution in [0.1, 0.15) is 26.4 Å². The van der Waals surface area contributed by atoms with Crippen LogP contribution in [-0.4, -0.2) is 36.1 Å². The van der Waals surface area contributed by atoms with Gasteiger partial charge in [-0.15, -0.1) is 0 Å². The molecular weight excluding hydrogens is 436 g/mol. The summed E-state index contributed by atoms with van der Waals surface area (Å²) in [6, 6.07) is 15.0. The molecule has 2 amide bonds. The Morgan fingerprint density at radius 2 is 1.78 bits per heavy atom. The summed E-state index contributed by atoms with van der Waals surface area (Å²) in [5.74, 6) is -1.29. The number of nitrogens with one attached hydrogen (secondary N) is 1. The number of rotatable bonds is 8. The van der Waals surface area contributed by atoms with Crippen LogP contribution in [0.25, 0.3) is 0 Å². The number of imide groups is 1. The number of esters is 1. The number of carbonyl (C=O) groups is 3. The van der Waals surface area contributed by atoms with Crippen LogP contribution in [0, 0.1) is 0 Å². The van der Waals surface area contributed by atoms with Crippen molar-refractivity contribution in [3.05, 3.63) is 82.6 Å². The van der Waals surface area contributed by atoms with Crippen molar-refractivity contribution in [1.29, 1.82) is 0 Å². The lowest BCUT2D eigenvalue weighted by molar-refractivity contribution is -0.123. The van der Waals surface area contributed by atoms with Crippen LogP contribution >= 0.6 is 11.6 Å². The van der Waals surface area contributed by atoms with Crippen molar-refractivity contribution in [2.24, 2.45) is 7.05 Å². The van der Waals surface area contributed by atoms with Gasteiger partial charge in [0.25, 0.3) is 11.8 Å². The third-order valence-corrected chi connectivity index (χ3v) is 4.72. The molecule has 1 heterocycles. The molecule has 3 rings (SSSR count). The quantitative estimate of drug-likeness (QED) is 0.522. The number of halogens is 1. The predicted octanol–water partition coefficient (Wildman–Crippen LogP) is 3.38. The minimum Gasteiger partial charge on any atom is -0.493 e. The van der Waals surface area contributed by atoms with Gasteiger partial charge in [-0.3, -0.25) is 14.9 Å². The zero-order valence-electron chi connectivity index (χ0n) is 17.5. The second kappa shape index (κ2) is 10.5. The van der Waals surface area contributed by atoms with Crippen LogP contribution in [0.5, 0.6) is 11.5 Å². The maximum absolute atomic E-state index is 12.3. The van der Waals surface area contributed by atoms with Crippen LogP contribution in [0.2, 0.25) is 5.02 Å². The first-order chi connectivity index (χ1) is 15.4. The SMILES string of the molecule is COc1cc(C(=O)OCC(=O)NC(=O)c2cccn2C)ccc1OCc1ccc(Cl)cc1. The summed E-state index contributed by atoms with van der Waals surface area (Å²) < 4.78 is 17.6. The van der Waals surface area contributed by atoms with Crippen molar-refractivity contribution in [2.45, 2.75) is 6.61 Å². The molecule has 0 saturated carbocycles. The fraction of sp³-hybridized carbons (Fsp3) is 0.174. The van der Waals surface area contributed by atoms with Crippen LogP contribution in [0.3, 0.4) is 0 Å². The van der Waals surface area contributed by atoms with Crippen molar-refractivity contribution in [2.75, 3.05) is 13.7 Å². The van der Waals surface area contributed by atoms with Gasteiger partial charge in [0.05, 0.1) is 12.7 Å². The average molecular weight is 457 g/mol. The molecule has 166 valence electrons. The van der Waals surface area contributed by atoms with Crippen molar-refractivity contribution >= 4 is 29.4 Å². The van der Waals surface area contributed by atoms with Crippen molar-refractivity contribution in [1.82, 2.24) is 9.88 Å². The van der Waals surface area contributed by atoms with Crippen molar-refractivity contribution in [3.8, 4) is 11.5 Å². The predicted molar refractivity (Wildman–Crippen MR) is 117 cm³/mol.